The maximum atomic E-state index is 13.5. The Hall–Kier alpha value is -0.970. The van der Waals surface area contributed by atoms with Gasteiger partial charge in [0.25, 0.3) is 0 Å². The average Bonchev–Trinajstić information content (AvgIpc) is 2.41. The SMILES string of the molecule is CCN(CCOC)CCC(N)c1ccc(C)c(F)c1. The quantitative estimate of drug-likeness (QED) is 0.787. The van der Waals surface area contributed by atoms with Crippen molar-refractivity contribution in [3.05, 3.63) is 35.1 Å². The molecular weight excluding hydrogens is 243 g/mol. The molecule has 0 aliphatic heterocycles. The predicted octanol–water partition coefficient (Wildman–Crippen LogP) is 2.49. The second-order valence-corrected chi connectivity index (χ2v) is 4.83. The lowest BCUT2D eigenvalue weighted by Crippen LogP contribution is -2.30. The summed E-state index contributed by atoms with van der Waals surface area (Å²) in [6.45, 7) is 7.38. The topological polar surface area (TPSA) is 38.5 Å². The van der Waals surface area contributed by atoms with Crippen LogP contribution in [0.2, 0.25) is 0 Å². The van der Waals surface area contributed by atoms with E-state index in [-0.39, 0.29) is 11.9 Å². The first-order valence-electron chi connectivity index (χ1n) is 6.81. The molecule has 0 heterocycles. The second-order valence-electron chi connectivity index (χ2n) is 4.83. The summed E-state index contributed by atoms with van der Waals surface area (Å²) < 4.78 is 18.6. The number of likely N-dealkylation sites (N-methyl/N-ethyl adjacent to an activating group) is 1. The number of aryl methyl sites for hydroxylation is 1. The van der Waals surface area contributed by atoms with Crippen LogP contribution in [0.1, 0.15) is 30.5 Å². The van der Waals surface area contributed by atoms with Crippen LogP contribution in [-0.4, -0.2) is 38.3 Å². The van der Waals surface area contributed by atoms with Crippen molar-refractivity contribution in [1.29, 1.82) is 0 Å². The summed E-state index contributed by atoms with van der Waals surface area (Å²) in [4.78, 5) is 2.29. The molecule has 1 rings (SSSR count). The van der Waals surface area contributed by atoms with Crippen LogP contribution in [-0.2, 0) is 4.74 Å². The Bertz CT molecular complexity index is 384. The molecule has 0 bridgehead atoms. The Balaban J connectivity index is 2.49. The maximum absolute atomic E-state index is 13.5. The fraction of sp³-hybridized carbons (Fsp3) is 0.600. The van der Waals surface area contributed by atoms with Gasteiger partial charge in [0.1, 0.15) is 5.82 Å². The van der Waals surface area contributed by atoms with Crippen LogP contribution >= 0.6 is 0 Å². The molecular formula is C15H25FN2O. The summed E-state index contributed by atoms with van der Waals surface area (Å²) >= 11 is 0. The fourth-order valence-electron chi connectivity index (χ4n) is 1.98. The standard InChI is InChI=1S/C15H25FN2O/c1-4-18(9-10-19-3)8-7-15(17)13-6-5-12(2)14(16)11-13/h5-6,11,15H,4,7-10,17H2,1-3H3. The van der Waals surface area contributed by atoms with Gasteiger partial charge in [0.2, 0.25) is 0 Å². The molecule has 0 spiro atoms. The van der Waals surface area contributed by atoms with E-state index >= 15 is 0 Å². The first-order chi connectivity index (χ1) is 9.08. The summed E-state index contributed by atoms with van der Waals surface area (Å²) in [7, 11) is 1.70. The van der Waals surface area contributed by atoms with E-state index in [1.54, 1.807) is 26.2 Å². The summed E-state index contributed by atoms with van der Waals surface area (Å²) in [5, 5.41) is 0. The number of ether oxygens (including phenoxy) is 1. The van der Waals surface area contributed by atoms with Crippen molar-refractivity contribution >= 4 is 0 Å². The van der Waals surface area contributed by atoms with Gasteiger partial charge in [-0.2, -0.15) is 0 Å². The first-order valence-corrected chi connectivity index (χ1v) is 6.81. The summed E-state index contributed by atoms with van der Waals surface area (Å²) in [6.07, 6.45) is 0.819. The van der Waals surface area contributed by atoms with Gasteiger partial charge >= 0.3 is 0 Å². The van der Waals surface area contributed by atoms with E-state index in [9.17, 15) is 4.39 Å². The van der Waals surface area contributed by atoms with Gasteiger partial charge in [0, 0.05) is 26.2 Å². The molecule has 108 valence electrons. The van der Waals surface area contributed by atoms with Crippen molar-refractivity contribution in [3.63, 3.8) is 0 Å². The molecule has 0 radical (unpaired) electrons. The van der Waals surface area contributed by atoms with Crippen LogP contribution in [0, 0.1) is 12.7 Å². The minimum absolute atomic E-state index is 0.119. The molecule has 0 aliphatic carbocycles. The molecule has 2 N–H and O–H groups in total. The molecule has 0 saturated carbocycles. The van der Waals surface area contributed by atoms with Crippen molar-refractivity contribution < 1.29 is 9.13 Å². The van der Waals surface area contributed by atoms with Gasteiger partial charge in [-0.15, -0.1) is 0 Å². The Kier molecular flexibility index (Phi) is 6.99. The molecule has 1 unspecified atom stereocenters. The highest BCUT2D eigenvalue weighted by Crippen LogP contribution is 2.17. The van der Waals surface area contributed by atoms with Crippen LogP contribution in [0.4, 0.5) is 4.39 Å². The van der Waals surface area contributed by atoms with E-state index in [0.717, 1.165) is 38.2 Å². The number of nitrogens with zero attached hydrogens (tertiary/aromatic N) is 1. The third-order valence-electron chi connectivity index (χ3n) is 3.44. The first kappa shape index (κ1) is 16.1. The van der Waals surface area contributed by atoms with E-state index in [1.165, 1.54) is 0 Å². The fourth-order valence-corrected chi connectivity index (χ4v) is 1.98. The van der Waals surface area contributed by atoms with Crippen LogP contribution in [0.25, 0.3) is 0 Å². The third kappa shape index (κ3) is 5.27. The van der Waals surface area contributed by atoms with Gasteiger partial charge in [-0.3, -0.25) is 0 Å². The van der Waals surface area contributed by atoms with Crippen molar-refractivity contribution in [2.24, 2.45) is 5.73 Å². The summed E-state index contributed by atoms with van der Waals surface area (Å²) in [5.74, 6) is -0.181. The monoisotopic (exact) mass is 268 g/mol. The average molecular weight is 268 g/mol. The molecule has 0 fully saturated rings. The molecule has 4 heteroatoms. The van der Waals surface area contributed by atoms with Crippen LogP contribution < -0.4 is 5.73 Å². The molecule has 0 amide bonds. The highest BCUT2D eigenvalue weighted by atomic mass is 19.1. The largest absolute Gasteiger partial charge is 0.383 e. The van der Waals surface area contributed by atoms with Gasteiger partial charge in [0.05, 0.1) is 6.61 Å². The lowest BCUT2D eigenvalue weighted by molar-refractivity contribution is 0.149. The Morgan fingerprint density at radius 1 is 1.37 bits per heavy atom. The minimum atomic E-state index is -0.181. The normalized spacial score (nSPS) is 12.9. The number of rotatable bonds is 8. The maximum Gasteiger partial charge on any atom is 0.126 e. The number of halogens is 1. The lowest BCUT2D eigenvalue weighted by atomic mass is 10.0. The van der Waals surface area contributed by atoms with E-state index in [1.807, 2.05) is 6.07 Å². The predicted molar refractivity (Wildman–Crippen MR) is 76.7 cm³/mol. The van der Waals surface area contributed by atoms with Crippen molar-refractivity contribution in [2.75, 3.05) is 33.4 Å². The summed E-state index contributed by atoms with van der Waals surface area (Å²) in [6, 6.07) is 5.12. The lowest BCUT2D eigenvalue weighted by Gasteiger charge is -2.22. The van der Waals surface area contributed by atoms with Crippen LogP contribution in [0.3, 0.4) is 0 Å². The zero-order valence-corrected chi connectivity index (χ0v) is 12.2. The van der Waals surface area contributed by atoms with E-state index in [0.29, 0.717) is 5.56 Å². The van der Waals surface area contributed by atoms with Crippen LogP contribution in [0.15, 0.2) is 18.2 Å². The van der Waals surface area contributed by atoms with Gasteiger partial charge in [-0.1, -0.05) is 19.1 Å². The zero-order valence-electron chi connectivity index (χ0n) is 12.2. The van der Waals surface area contributed by atoms with Gasteiger partial charge in [-0.25, -0.2) is 4.39 Å². The Morgan fingerprint density at radius 3 is 2.68 bits per heavy atom. The van der Waals surface area contributed by atoms with Crippen LogP contribution in [0.5, 0.6) is 0 Å². The molecule has 0 saturated heterocycles. The third-order valence-corrected chi connectivity index (χ3v) is 3.44. The Morgan fingerprint density at radius 2 is 2.11 bits per heavy atom. The molecule has 1 atom stereocenters. The minimum Gasteiger partial charge on any atom is -0.383 e. The number of hydrogen-bond donors (Lipinski definition) is 1. The van der Waals surface area contributed by atoms with Crippen molar-refractivity contribution in [3.8, 4) is 0 Å². The van der Waals surface area contributed by atoms with Crippen molar-refractivity contribution in [2.45, 2.75) is 26.3 Å². The molecule has 3 nitrogen and oxygen atoms in total. The molecule has 19 heavy (non-hydrogen) atoms. The zero-order chi connectivity index (χ0) is 14.3. The number of methoxy groups -OCH3 is 1. The molecule has 1 aromatic rings. The molecule has 0 aliphatic rings. The van der Waals surface area contributed by atoms with Gasteiger partial charge in [0.15, 0.2) is 0 Å². The summed E-state index contributed by atoms with van der Waals surface area (Å²) in [5.41, 5.74) is 7.65. The Labute approximate surface area is 115 Å². The van der Waals surface area contributed by atoms with Gasteiger partial charge < -0.3 is 15.4 Å². The molecule has 1 aromatic carbocycles. The number of nitrogens with two attached hydrogens (primary N) is 1. The number of benzene rings is 1. The highest BCUT2D eigenvalue weighted by molar-refractivity contribution is 5.25. The van der Waals surface area contributed by atoms with E-state index in [2.05, 4.69) is 11.8 Å². The smallest absolute Gasteiger partial charge is 0.126 e. The molecule has 0 aromatic heterocycles. The highest BCUT2D eigenvalue weighted by Gasteiger charge is 2.10. The van der Waals surface area contributed by atoms with E-state index < -0.39 is 0 Å². The number of hydrogen-bond acceptors (Lipinski definition) is 3. The van der Waals surface area contributed by atoms with Gasteiger partial charge in [-0.05, 0) is 37.1 Å². The van der Waals surface area contributed by atoms with E-state index in [4.69, 9.17) is 10.5 Å². The van der Waals surface area contributed by atoms with Crippen molar-refractivity contribution in [1.82, 2.24) is 4.90 Å². The second kappa shape index (κ2) is 8.25.